The zero-order valence-corrected chi connectivity index (χ0v) is 17.2. The normalized spacial score (nSPS) is 10.8. The summed E-state index contributed by atoms with van der Waals surface area (Å²) in [6.07, 6.45) is 4.27. The van der Waals surface area contributed by atoms with Gasteiger partial charge in [0.25, 0.3) is 5.56 Å². The molecule has 0 N–H and O–H groups in total. The van der Waals surface area contributed by atoms with Gasteiger partial charge >= 0.3 is 0 Å². The Labute approximate surface area is 179 Å². The third kappa shape index (κ3) is 5.08. The molecular formula is C23H18Cl2N2O2. The van der Waals surface area contributed by atoms with Crippen LogP contribution in [0, 0.1) is 11.3 Å². The first-order chi connectivity index (χ1) is 14.0. The Bertz CT molecular complexity index is 1140. The Morgan fingerprint density at radius 1 is 1.07 bits per heavy atom. The second-order valence-electron chi connectivity index (χ2n) is 6.35. The third-order valence-electron chi connectivity index (χ3n) is 4.47. The maximum Gasteiger partial charge on any atom is 0.269 e. The minimum absolute atomic E-state index is 0.0772. The van der Waals surface area contributed by atoms with Crippen LogP contribution in [-0.4, -0.2) is 11.7 Å². The van der Waals surface area contributed by atoms with Crippen molar-refractivity contribution in [3.63, 3.8) is 0 Å². The van der Waals surface area contributed by atoms with Gasteiger partial charge in [-0.3, -0.25) is 4.79 Å². The van der Waals surface area contributed by atoms with Crippen molar-refractivity contribution in [1.29, 1.82) is 5.26 Å². The summed E-state index contributed by atoms with van der Waals surface area (Å²) in [7, 11) is 1.61. The maximum atomic E-state index is 12.7. The summed E-state index contributed by atoms with van der Waals surface area (Å²) < 4.78 is 6.81. The van der Waals surface area contributed by atoms with Crippen molar-refractivity contribution in [3.8, 4) is 11.8 Å². The highest BCUT2D eigenvalue weighted by Gasteiger charge is 2.11. The van der Waals surface area contributed by atoms with Crippen LogP contribution in [0.15, 0.2) is 59.4 Å². The average molecular weight is 425 g/mol. The van der Waals surface area contributed by atoms with Gasteiger partial charge in [0, 0.05) is 6.54 Å². The first kappa shape index (κ1) is 20.7. The molecular weight excluding hydrogens is 407 g/mol. The third-order valence-corrected chi connectivity index (χ3v) is 5.05. The molecule has 0 aliphatic heterocycles. The van der Waals surface area contributed by atoms with Gasteiger partial charge in [-0.25, -0.2) is 0 Å². The van der Waals surface area contributed by atoms with Crippen LogP contribution in [0.3, 0.4) is 0 Å². The first-order valence-corrected chi connectivity index (χ1v) is 9.67. The van der Waals surface area contributed by atoms with E-state index in [1.165, 1.54) is 6.07 Å². The fourth-order valence-electron chi connectivity index (χ4n) is 2.91. The zero-order valence-electron chi connectivity index (χ0n) is 15.7. The highest BCUT2D eigenvalue weighted by Crippen LogP contribution is 2.22. The lowest BCUT2D eigenvalue weighted by atomic mass is 10.1. The molecule has 0 amide bonds. The summed E-state index contributed by atoms with van der Waals surface area (Å²) in [5, 5.41) is 9.39. The molecule has 0 fully saturated rings. The van der Waals surface area contributed by atoms with E-state index in [2.05, 4.69) is 6.07 Å². The van der Waals surface area contributed by atoms with Crippen LogP contribution in [-0.2, 0) is 13.0 Å². The van der Waals surface area contributed by atoms with E-state index in [1.807, 2.05) is 42.5 Å². The summed E-state index contributed by atoms with van der Waals surface area (Å²) in [6.45, 7) is 0.406. The molecule has 0 aliphatic carbocycles. The molecule has 6 heteroatoms. The number of rotatable bonds is 6. The minimum atomic E-state index is -0.296. The van der Waals surface area contributed by atoms with Crippen molar-refractivity contribution in [2.75, 3.05) is 7.11 Å². The summed E-state index contributed by atoms with van der Waals surface area (Å²) in [5.41, 5.74) is 2.81. The fourth-order valence-corrected chi connectivity index (χ4v) is 3.45. The summed E-state index contributed by atoms with van der Waals surface area (Å²) in [4.78, 5) is 12.7. The molecule has 0 bridgehead atoms. The number of aromatic nitrogens is 1. The van der Waals surface area contributed by atoms with Gasteiger partial charge in [-0.05, 0) is 54.0 Å². The highest BCUT2D eigenvalue weighted by molar-refractivity contribution is 6.35. The van der Waals surface area contributed by atoms with Crippen LogP contribution in [0.1, 0.15) is 22.4 Å². The van der Waals surface area contributed by atoms with E-state index in [9.17, 15) is 4.79 Å². The number of hydrogen-bond donors (Lipinski definition) is 0. The van der Waals surface area contributed by atoms with E-state index in [0.717, 1.165) is 16.9 Å². The molecule has 29 heavy (non-hydrogen) atoms. The number of hydrogen-bond acceptors (Lipinski definition) is 3. The van der Waals surface area contributed by atoms with Crippen molar-refractivity contribution in [2.24, 2.45) is 0 Å². The molecule has 0 atom stereocenters. The standard InChI is InChI=1S/C23H18Cl2N2O2/c1-29-19-4-2-3-17(13-19)9-10-22-20(24)14-21(25)23(28)27(22)12-11-16-5-7-18(15-26)8-6-16/h2-10,13-14H,11-12H2,1H3. The fraction of sp³-hybridized carbons (Fsp3) is 0.130. The molecule has 2 aromatic carbocycles. The number of ether oxygens (including phenoxy) is 1. The molecule has 146 valence electrons. The number of benzene rings is 2. The molecule has 0 aliphatic rings. The number of aryl methyl sites for hydroxylation is 1. The van der Waals surface area contributed by atoms with E-state index < -0.39 is 0 Å². The molecule has 0 saturated heterocycles. The Morgan fingerprint density at radius 3 is 2.52 bits per heavy atom. The number of nitrogens with zero attached hydrogens (tertiary/aromatic N) is 2. The molecule has 0 radical (unpaired) electrons. The summed E-state index contributed by atoms with van der Waals surface area (Å²) >= 11 is 12.5. The van der Waals surface area contributed by atoms with E-state index in [4.69, 9.17) is 33.2 Å². The van der Waals surface area contributed by atoms with Gasteiger partial charge in [0.1, 0.15) is 10.8 Å². The van der Waals surface area contributed by atoms with Gasteiger partial charge in [0.2, 0.25) is 0 Å². The van der Waals surface area contributed by atoms with Crippen LogP contribution >= 0.6 is 23.2 Å². The van der Waals surface area contributed by atoms with E-state index in [0.29, 0.717) is 29.2 Å². The predicted octanol–water partition coefficient (Wildman–Crippen LogP) is 5.45. The molecule has 1 heterocycles. The second-order valence-corrected chi connectivity index (χ2v) is 7.17. The van der Waals surface area contributed by atoms with Gasteiger partial charge in [-0.15, -0.1) is 0 Å². The quantitative estimate of drug-likeness (QED) is 0.528. The monoisotopic (exact) mass is 424 g/mol. The molecule has 0 saturated carbocycles. The molecule has 1 aromatic heterocycles. The lowest BCUT2D eigenvalue weighted by molar-refractivity contribution is 0.414. The van der Waals surface area contributed by atoms with Crippen molar-refractivity contribution < 1.29 is 4.74 Å². The number of nitriles is 1. The number of pyridine rings is 1. The number of methoxy groups -OCH3 is 1. The van der Waals surface area contributed by atoms with Gasteiger partial charge in [-0.2, -0.15) is 5.26 Å². The number of halogens is 2. The zero-order chi connectivity index (χ0) is 20.8. The van der Waals surface area contributed by atoms with Crippen molar-refractivity contribution in [2.45, 2.75) is 13.0 Å². The Balaban J connectivity index is 1.92. The molecule has 3 aromatic rings. The van der Waals surface area contributed by atoms with Crippen LogP contribution in [0.5, 0.6) is 5.75 Å². The van der Waals surface area contributed by atoms with E-state index in [1.54, 1.807) is 29.9 Å². The lowest BCUT2D eigenvalue weighted by Crippen LogP contribution is -2.24. The van der Waals surface area contributed by atoms with Gasteiger partial charge in [0.05, 0.1) is 29.5 Å². The molecule has 0 spiro atoms. The minimum Gasteiger partial charge on any atom is -0.497 e. The van der Waals surface area contributed by atoms with Crippen LogP contribution in [0.2, 0.25) is 10.0 Å². The van der Waals surface area contributed by atoms with Gasteiger partial charge < -0.3 is 9.30 Å². The topological polar surface area (TPSA) is 55.0 Å². The first-order valence-electron chi connectivity index (χ1n) is 8.92. The van der Waals surface area contributed by atoms with E-state index in [-0.39, 0.29) is 10.6 Å². The largest absolute Gasteiger partial charge is 0.497 e. The SMILES string of the molecule is COc1cccc(C=Cc2c(Cl)cc(Cl)c(=O)n2CCc2ccc(C#N)cc2)c1. The van der Waals surface area contributed by atoms with Crippen molar-refractivity contribution in [3.05, 3.63) is 97.4 Å². The second kappa shape index (κ2) is 9.47. The Kier molecular flexibility index (Phi) is 6.77. The van der Waals surface area contributed by atoms with Crippen molar-refractivity contribution >= 4 is 35.4 Å². The predicted molar refractivity (Wildman–Crippen MR) is 118 cm³/mol. The Morgan fingerprint density at radius 2 is 1.83 bits per heavy atom. The van der Waals surface area contributed by atoms with Gasteiger partial charge in [0.15, 0.2) is 0 Å². The summed E-state index contributed by atoms with van der Waals surface area (Å²) in [6, 6.07) is 18.4. The smallest absolute Gasteiger partial charge is 0.269 e. The molecule has 4 nitrogen and oxygen atoms in total. The van der Waals surface area contributed by atoms with Gasteiger partial charge in [-0.1, -0.05) is 53.5 Å². The van der Waals surface area contributed by atoms with Crippen LogP contribution in [0.4, 0.5) is 0 Å². The highest BCUT2D eigenvalue weighted by atomic mass is 35.5. The lowest BCUT2D eigenvalue weighted by Gasteiger charge is -2.13. The molecule has 0 unspecified atom stereocenters. The summed E-state index contributed by atoms with van der Waals surface area (Å²) in [5.74, 6) is 0.743. The van der Waals surface area contributed by atoms with Crippen molar-refractivity contribution in [1.82, 2.24) is 4.57 Å². The van der Waals surface area contributed by atoms with E-state index >= 15 is 0 Å². The average Bonchev–Trinajstić information content (AvgIpc) is 2.75. The maximum absolute atomic E-state index is 12.7. The van der Waals surface area contributed by atoms with Crippen LogP contribution < -0.4 is 10.3 Å². The Hall–Kier alpha value is -3.00. The molecule has 3 rings (SSSR count). The van der Waals surface area contributed by atoms with Crippen LogP contribution in [0.25, 0.3) is 12.2 Å².